The highest BCUT2D eigenvalue weighted by molar-refractivity contribution is 9.10. The van der Waals surface area contributed by atoms with Gasteiger partial charge in [0.2, 0.25) is 0 Å². The molecule has 27 heavy (non-hydrogen) atoms. The number of hydrogen-bond acceptors (Lipinski definition) is 4. The van der Waals surface area contributed by atoms with Gasteiger partial charge in [-0.15, -0.1) is 0 Å². The fourth-order valence-electron chi connectivity index (χ4n) is 2.55. The maximum atomic E-state index is 14.7. The summed E-state index contributed by atoms with van der Waals surface area (Å²) in [5.74, 6) is -2.10. The van der Waals surface area contributed by atoms with Crippen LogP contribution in [0.15, 0.2) is 33.7 Å². The molecule has 1 aromatic carbocycles. The number of aryl methyl sites for hydroxylation is 1. The highest BCUT2D eigenvalue weighted by Crippen LogP contribution is 2.21. The van der Waals surface area contributed by atoms with Gasteiger partial charge in [-0.1, -0.05) is 22.0 Å². The van der Waals surface area contributed by atoms with Crippen LogP contribution in [-0.4, -0.2) is 37.3 Å². The van der Waals surface area contributed by atoms with Crippen LogP contribution in [0.3, 0.4) is 0 Å². The first-order valence-corrected chi connectivity index (χ1v) is 9.13. The Hall–Kier alpha value is -1.90. The second-order valence-corrected chi connectivity index (χ2v) is 6.72. The van der Waals surface area contributed by atoms with Crippen LogP contribution in [0.25, 0.3) is 0 Å². The number of rotatable bonds is 9. The van der Waals surface area contributed by atoms with Crippen molar-refractivity contribution in [1.29, 1.82) is 0 Å². The molecule has 0 atom stereocenters. The van der Waals surface area contributed by atoms with E-state index in [0.29, 0.717) is 11.1 Å². The Kier molecular flexibility index (Phi) is 7.82. The van der Waals surface area contributed by atoms with Gasteiger partial charge in [0, 0.05) is 41.9 Å². The lowest BCUT2D eigenvalue weighted by Crippen LogP contribution is -2.28. The van der Waals surface area contributed by atoms with E-state index in [0.717, 1.165) is 4.57 Å². The zero-order valence-electron chi connectivity index (χ0n) is 15.1. The monoisotopic (exact) mass is 443 g/mol. The summed E-state index contributed by atoms with van der Waals surface area (Å²) >= 11 is 3.16. The molecule has 0 aliphatic heterocycles. The zero-order chi connectivity index (χ0) is 20.0. The normalized spacial score (nSPS) is 11.0. The summed E-state index contributed by atoms with van der Waals surface area (Å²) in [5, 5.41) is 0. The second-order valence-electron chi connectivity index (χ2n) is 5.81. The lowest BCUT2D eigenvalue weighted by Gasteiger charge is -2.14. The topological polar surface area (TPSA) is 57.5 Å². The number of methoxy groups -OCH3 is 1. The van der Waals surface area contributed by atoms with Crippen LogP contribution in [0.4, 0.5) is 8.78 Å². The van der Waals surface area contributed by atoms with Crippen molar-refractivity contribution in [2.75, 3.05) is 26.9 Å². The molecule has 1 aromatic heterocycles. The molecule has 0 saturated carbocycles. The molecule has 2 rings (SSSR count). The molecular formula is C19H20BrF2NO4. The van der Waals surface area contributed by atoms with Crippen LogP contribution in [0, 0.1) is 11.6 Å². The molecule has 0 amide bonds. The van der Waals surface area contributed by atoms with E-state index >= 15 is 0 Å². The van der Waals surface area contributed by atoms with Crippen molar-refractivity contribution in [3.05, 3.63) is 67.5 Å². The van der Waals surface area contributed by atoms with E-state index in [2.05, 4.69) is 15.9 Å². The number of carbonyl (C=O) groups is 1. The van der Waals surface area contributed by atoms with Crippen LogP contribution in [-0.2, 0) is 22.4 Å². The molecule has 2 aromatic rings. The lowest BCUT2D eigenvalue weighted by molar-refractivity contribution is 0.0575. The van der Waals surface area contributed by atoms with Gasteiger partial charge in [-0.3, -0.25) is 9.59 Å². The van der Waals surface area contributed by atoms with Crippen LogP contribution < -0.4 is 5.56 Å². The number of ketones is 1. The van der Waals surface area contributed by atoms with Crippen molar-refractivity contribution in [3.63, 3.8) is 0 Å². The van der Waals surface area contributed by atoms with Gasteiger partial charge in [-0.25, -0.2) is 8.78 Å². The minimum absolute atomic E-state index is 0.00804. The summed E-state index contributed by atoms with van der Waals surface area (Å²) in [4.78, 5) is 24.7. The molecule has 0 N–H and O–H groups in total. The Morgan fingerprint density at radius 2 is 2.00 bits per heavy atom. The van der Waals surface area contributed by atoms with Crippen molar-refractivity contribution in [2.24, 2.45) is 0 Å². The smallest absolute Gasteiger partial charge is 0.286 e. The highest BCUT2D eigenvalue weighted by atomic mass is 79.9. The number of pyridine rings is 1. The first-order chi connectivity index (χ1) is 12.9. The van der Waals surface area contributed by atoms with Gasteiger partial charge in [0.15, 0.2) is 11.6 Å². The second kappa shape index (κ2) is 9.87. The molecule has 1 heterocycles. The summed E-state index contributed by atoms with van der Waals surface area (Å²) in [6, 6.07) is 4.34. The average Bonchev–Trinajstić information content (AvgIpc) is 2.64. The molecule has 0 aliphatic carbocycles. The maximum absolute atomic E-state index is 14.7. The summed E-state index contributed by atoms with van der Waals surface area (Å²) in [6.45, 7) is 2.09. The molecule has 5 nitrogen and oxygen atoms in total. The van der Waals surface area contributed by atoms with Gasteiger partial charge in [-0.05, 0) is 24.6 Å². The van der Waals surface area contributed by atoms with Crippen molar-refractivity contribution < 1.29 is 23.0 Å². The molecule has 0 saturated heterocycles. The maximum Gasteiger partial charge on any atom is 0.286 e. The molecule has 8 heteroatoms. The van der Waals surface area contributed by atoms with E-state index in [1.54, 1.807) is 13.0 Å². The van der Waals surface area contributed by atoms with Crippen molar-refractivity contribution in [3.8, 4) is 0 Å². The number of benzene rings is 1. The quantitative estimate of drug-likeness (QED) is 0.440. The molecule has 0 spiro atoms. The van der Waals surface area contributed by atoms with E-state index < -0.39 is 23.0 Å². The molecule has 0 fully saturated rings. The lowest BCUT2D eigenvalue weighted by atomic mass is 9.98. The largest absolute Gasteiger partial charge is 0.382 e. The molecule has 0 bridgehead atoms. The van der Waals surface area contributed by atoms with E-state index in [1.807, 2.05) is 0 Å². The van der Waals surface area contributed by atoms with Gasteiger partial charge >= 0.3 is 0 Å². The third kappa shape index (κ3) is 5.31. The zero-order valence-corrected chi connectivity index (χ0v) is 16.6. The van der Waals surface area contributed by atoms with Gasteiger partial charge in [-0.2, -0.15) is 0 Å². The predicted molar refractivity (Wildman–Crippen MR) is 100 cm³/mol. The Labute approximate surface area is 164 Å². The van der Waals surface area contributed by atoms with Gasteiger partial charge in [0.1, 0.15) is 12.4 Å². The van der Waals surface area contributed by atoms with E-state index in [4.69, 9.17) is 9.47 Å². The number of ether oxygens (including phenoxy) is 2. The fraction of sp³-hybridized carbons (Fsp3) is 0.368. The van der Waals surface area contributed by atoms with Gasteiger partial charge < -0.3 is 14.0 Å². The van der Waals surface area contributed by atoms with Crippen LogP contribution >= 0.6 is 15.9 Å². The minimum Gasteiger partial charge on any atom is -0.382 e. The number of nitrogens with zero attached hydrogens (tertiary/aromatic N) is 1. The van der Waals surface area contributed by atoms with Crippen LogP contribution in [0.1, 0.15) is 28.4 Å². The number of hydrogen-bond donors (Lipinski definition) is 0. The Morgan fingerprint density at radius 3 is 2.63 bits per heavy atom. The van der Waals surface area contributed by atoms with E-state index in [9.17, 15) is 18.4 Å². The number of Topliss-reactive ketones (excluding diaryl/α,β-unsaturated/α-hetero) is 1. The first kappa shape index (κ1) is 21.4. The number of carbonyl (C=O) groups excluding carboxylic acids is 1. The SMILES string of the molecule is CCn1cc(C(=O)COCCOC)c(Cc2ccc(Br)cc2F)c(F)c1=O. The molecule has 0 aliphatic rings. The number of aromatic nitrogens is 1. The number of halogens is 3. The summed E-state index contributed by atoms with van der Waals surface area (Å²) < 4.78 is 40.6. The summed E-state index contributed by atoms with van der Waals surface area (Å²) in [6.07, 6.45) is 1.09. The molecule has 146 valence electrons. The minimum atomic E-state index is -1.05. The summed E-state index contributed by atoms with van der Waals surface area (Å²) in [5.41, 5.74) is -0.790. The molecular weight excluding hydrogens is 424 g/mol. The van der Waals surface area contributed by atoms with E-state index in [-0.39, 0.29) is 42.9 Å². The van der Waals surface area contributed by atoms with Gasteiger partial charge in [0.25, 0.3) is 5.56 Å². The Balaban J connectivity index is 2.42. The Morgan fingerprint density at radius 1 is 1.26 bits per heavy atom. The predicted octanol–water partition coefficient (Wildman–Crippen LogP) is 3.35. The third-order valence-electron chi connectivity index (χ3n) is 4.01. The highest BCUT2D eigenvalue weighted by Gasteiger charge is 2.21. The van der Waals surface area contributed by atoms with Crippen LogP contribution in [0.5, 0.6) is 0 Å². The standard InChI is InChI=1S/C19H20BrF2NO4/c1-3-23-10-15(17(24)11-27-7-6-26-2)14(18(22)19(23)25)8-12-4-5-13(20)9-16(12)21/h4-5,9-10H,3,6-8,11H2,1-2H3. The molecule has 0 unspecified atom stereocenters. The Bertz CT molecular complexity index is 883. The van der Waals surface area contributed by atoms with Crippen LogP contribution in [0.2, 0.25) is 0 Å². The summed E-state index contributed by atoms with van der Waals surface area (Å²) in [7, 11) is 1.50. The van der Waals surface area contributed by atoms with Crippen molar-refractivity contribution >= 4 is 21.7 Å². The van der Waals surface area contributed by atoms with E-state index in [1.165, 1.54) is 25.4 Å². The van der Waals surface area contributed by atoms with Gasteiger partial charge in [0.05, 0.1) is 13.2 Å². The van der Waals surface area contributed by atoms with Crippen molar-refractivity contribution in [2.45, 2.75) is 19.9 Å². The van der Waals surface area contributed by atoms with Crippen molar-refractivity contribution in [1.82, 2.24) is 4.57 Å². The average molecular weight is 444 g/mol. The fourth-order valence-corrected chi connectivity index (χ4v) is 2.89. The third-order valence-corrected chi connectivity index (χ3v) is 4.51. The molecule has 0 radical (unpaired) electrons. The first-order valence-electron chi connectivity index (χ1n) is 8.34.